The van der Waals surface area contributed by atoms with Gasteiger partial charge in [0.05, 0.1) is 0 Å². The third-order valence-electron chi connectivity index (χ3n) is 6.37. The zero-order chi connectivity index (χ0) is 19.8. The lowest BCUT2D eigenvalue weighted by Crippen LogP contribution is -2.51. The predicted octanol–water partition coefficient (Wildman–Crippen LogP) is 3.13. The maximum atomic E-state index is 12.7. The first-order chi connectivity index (χ1) is 13.6. The Labute approximate surface area is 181 Å². The molecule has 2 heterocycles. The van der Waals surface area contributed by atoms with Gasteiger partial charge in [-0.2, -0.15) is 0 Å². The highest BCUT2D eigenvalue weighted by molar-refractivity contribution is 5.85. The van der Waals surface area contributed by atoms with E-state index in [1.54, 1.807) is 0 Å². The average molecular weight is 422 g/mol. The van der Waals surface area contributed by atoms with Gasteiger partial charge in [0.25, 0.3) is 0 Å². The minimum atomic E-state index is 0. The smallest absolute Gasteiger partial charge is 0.222 e. The largest absolute Gasteiger partial charge is 0.339 e. The van der Waals surface area contributed by atoms with Crippen LogP contribution >= 0.6 is 12.4 Å². The number of carbonyl (C=O) groups is 2. The molecule has 6 heteroatoms. The lowest BCUT2D eigenvalue weighted by atomic mass is 9.84. The molecule has 162 valence electrons. The average Bonchev–Trinajstić information content (AvgIpc) is 2.75. The van der Waals surface area contributed by atoms with E-state index in [-0.39, 0.29) is 24.2 Å². The third-order valence-corrected chi connectivity index (χ3v) is 6.37. The summed E-state index contributed by atoms with van der Waals surface area (Å²) in [5.41, 5.74) is 1.29. The van der Waals surface area contributed by atoms with Crippen molar-refractivity contribution in [2.75, 3.05) is 39.3 Å². The molecule has 29 heavy (non-hydrogen) atoms. The van der Waals surface area contributed by atoms with Crippen LogP contribution in [0.4, 0.5) is 0 Å². The molecule has 2 saturated heterocycles. The Kier molecular flexibility index (Phi) is 9.95. The van der Waals surface area contributed by atoms with E-state index < -0.39 is 0 Å². The Morgan fingerprint density at radius 1 is 1.00 bits per heavy atom. The van der Waals surface area contributed by atoms with Gasteiger partial charge in [-0.1, -0.05) is 37.3 Å². The number of piperazine rings is 1. The Balaban J connectivity index is 0.00000300. The van der Waals surface area contributed by atoms with Crippen molar-refractivity contribution in [2.24, 2.45) is 11.8 Å². The summed E-state index contributed by atoms with van der Waals surface area (Å²) in [5.74, 6) is 1.61. The third kappa shape index (κ3) is 7.31. The van der Waals surface area contributed by atoms with Crippen LogP contribution in [0.2, 0.25) is 0 Å². The molecule has 1 atom stereocenters. The fraction of sp³-hybridized carbons (Fsp3) is 0.652. The summed E-state index contributed by atoms with van der Waals surface area (Å²) in [7, 11) is 0. The molecule has 1 N–H and O–H groups in total. The number of benzene rings is 1. The van der Waals surface area contributed by atoms with Gasteiger partial charge in [-0.05, 0) is 56.2 Å². The zero-order valence-electron chi connectivity index (χ0n) is 17.6. The van der Waals surface area contributed by atoms with Crippen molar-refractivity contribution in [3.8, 4) is 0 Å². The second-order valence-electron chi connectivity index (χ2n) is 8.37. The standard InChI is InChI=1S/C23H35N3O2.ClH/c1-19(21-10-12-24-13-11-21)18-23(28)26-16-14-25(15-17-26)22(27)9-5-8-20-6-3-2-4-7-20;/h2-4,6-7,19,21,24H,5,8-18H2,1H3;1H. The number of carbonyl (C=O) groups excluding carboxylic acids is 2. The number of hydrogen-bond donors (Lipinski definition) is 1. The van der Waals surface area contributed by atoms with Crippen molar-refractivity contribution in [1.29, 1.82) is 0 Å². The van der Waals surface area contributed by atoms with Gasteiger partial charge in [0.2, 0.25) is 11.8 Å². The van der Waals surface area contributed by atoms with E-state index >= 15 is 0 Å². The van der Waals surface area contributed by atoms with E-state index in [2.05, 4.69) is 24.4 Å². The molecule has 2 amide bonds. The second-order valence-corrected chi connectivity index (χ2v) is 8.37. The van der Waals surface area contributed by atoms with E-state index in [0.29, 0.717) is 50.9 Å². The first kappa shape index (κ1) is 23.7. The molecule has 0 aliphatic carbocycles. The molecular weight excluding hydrogens is 386 g/mol. The highest BCUT2D eigenvalue weighted by atomic mass is 35.5. The van der Waals surface area contributed by atoms with Gasteiger partial charge < -0.3 is 15.1 Å². The fourth-order valence-corrected chi connectivity index (χ4v) is 4.44. The minimum absolute atomic E-state index is 0. The molecule has 0 radical (unpaired) electrons. The van der Waals surface area contributed by atoms with E-state index in [4.69, 9.17) is 0 Å². The second kappa shape index (κ2) is 12.2. The van der Waals surface area contributed by atoms with E-state index in [1.165, 1.54) is 18.4 Å². The summed E-state index contributed by atoms with van der Waals surface area (Å²) in [6, 6.07) is 10.3. The zero-order valence-corrected chi connectivity index (χ0v) is 18.5. The molecule has 2 fully saturated rings. The molecule has 0 saturated carbocycles. The number of amides is 2. The van der Waals surface area contributed by atoms with Crippen molar-refractivity contribution in [3.05, 3.63) is 35.9 Å². The van der Waals surface area contributed by atoms with Crippen LogP contribution in [-0.2, 0) is 16.0 Å². The lowest BCUT2D eigenvalue weighted by molar-refractivity contribution is -0.140. The molecule has 0 aromatic heterocycles. The van der Waals surface area contributed by atoms with Crippen molar-refractivity contribution < 1.29 is 9.59 Å². The molecule has 3 rings (SSSR count). The van der Waals surface area contributed by atoms with Gasteiger partial charge in [0.15, 0.2) is 0 Å². The van der Waals surface area contributed by atoms with Crippen LogP contribution < -0.4 is 5.32 Å². The number of nitrogens with one attached hydrogen (secondary N) is 1. The molecular formula is C23H36ClN3O2. The summed E-state index contributed by atoms with van der Waals surface area (Å²) in [5, 5.41) is 3.39. The summed E-state index contributed by atoms with van der Waals surface area (Å²) >= 11 is 0. The molecule has 1 aromatic rings. The van der Waals surface area contributed by atoms with Crippen molar-refractivity contribution in [2.45, 2.75) is 45.4 Å². The predicted molar refractivity (Wildman–Crippen MR) is 119 cm³/mol. The molecule has 5 nitrogen and oxygen atoms in total. The number of nitrogens with zero attached hydrogens (tertiary/aromatic N) is 2. The number of aryl methyl sites for hydroxylation is 1. The van der Waals surface area contributed by atoms with Crippen molar-refractivity contribution in [3.63, 3.8) is 0 Å². The molecule has 0 spiro atoms. The van der Waals surface area contributed by atoms with Gasteiger partial charge in [-0.15, -0.1) is 12.4 Å². The van der Waals surface area contributed by atoms with Gasteiger partial charge in [-0.3, -0.25) is 9.59 Å². The van der Waals surface area contributed by atoms with Crippen molar-refractivity contribution >= 4 is 24.2 Å². The summed E-state index contributed by atoms with van der Waals surface area (Å²) in [6.45, 7) is 7.10. The quantitative estimate of drug-likeness (QED) is 0.735. The van der Waals surface area contributed by atoms with E-state index in [9.17, 15) is 9.59 Å². The van der Waals surface area contributed by atoms with E-state index in [1.807, 2.05) is 28.0 Å². The van der Waals surface area contributed by atoms with Crippen molar-refractivity contribution in [1.82, 2.24) is 15.1 Å². The highest BCUT2D eigenvalue weighted by Gasteiger charge is 2.27. The first-order valence-corrected chi connectivity index (χ1v) is 10.9. The van der Waals surface area contributed by atoms with Gasteiger partial charge in [0, 0.05) is 39.0 Å². The molecule has 2 aliphatic rings. The highest BCUT2D eigenvalue weighted by Crippen LogP contribution is 2.25. The summed E-state index contributed by atoms with van der Waals surface area (Å²) < 4.78 is 0. The normalized spacial score (nSPS) is 18.8. The Hall–Kier alpha value is -1.59. The van der Waals surface area contributed by atoms with Crippen LogP contribution in [0.25, 0.3) is 0 Å². The van der Waals surface area contributed by atoms with Crippen LogP contribution in [0.1, 0.15) is 44.6 Å². The Bertz CT molecular complexity index is 626. The topological polar surface area (TPSA) is 52.7 Å². The van der Waals surface area contributed by atoms with Gasteiger partial charge in [-0.25, -0.2) is 0 Å². The molecule has 0 bridgehead atoms. The SMILES string of the molecule is CC(CC(=O)N1CCN(C(=O)CCCc2ccccc2)CC1)C1CCNCC1.Cl. The van der Waals surface area contributed by atoms with Gasteiger partial charge >= 0.3 is 0 Å². The number of halogens is 1. The van der Waals surface area contributed by atoms with Crippen LogP contribution in [-0.4, -0.2) is 60.9 Å². The number of hydrogen-bond acceptors (Lipinski definition) is 3. The van der Waals surface area contributed by atoms with Crippen LogP contribution in [0.5, 0.6) is 0 Å². The lowest BCUT2D eigenvalue weighted by Gasteiger charge is -2.36. The minimum Gasteiger partial charge on any atom is -0.339 e. The summed E-state index contributed by atoms with van der Waals surface area (Å²) in [6.07, 6.45) is 5.43. The Morgan fingerprint density at radius 3 is 2.21 bits per heavy atom. The maximum Gasteiger partial charge on any atom is 0.222 e. The van der Waals surface area contributed by atoms with Crippen LogP contribution in [0, 0.1) is 11.8 Å². The number of piperidine rings is 1. The molecule has 2 aliphatic heterocycles. The Morgan fingerprint density at radius 2 is 1.59 bits per heavy atom. The van der Waals surface area contributed by atoms with Gasteiger partial charge in [0.1, 0.15) is 0 Å². The molecule has 1 unspecified atom stereocenters. The monoisotopic (exact) mass is 421 g/mol. The number of rotatable bonds is 7. The summed E-state index contributed by atoms with van der Waals surface area (Å²) in [4.78, 5) is 29.0. The van der Waals surface area contributed by atoms with Crippen LogP contribution in [0.3, 0.4) is 0 Å². The fourth-order valence-electron chi connectivity index (χ4n) is 4.44. The van der Waals surface area contributed by atoms with E-state index in [0.717, 1.165) is 25.9 Å². The maximum absolute atomic E-state index is 12.7. The van der Waals surface area contributed by atoms with Crippen LogP contribution in [0.15, 0.2) is 30.3 Å². The molecule has 1 aromatic carbocycles. The first-order valence-electron chi connectivity index (χ1n) is 10.9.